The molecule has 0 unspecified atom stereocenters. The Morgan fingerprint density at radius 2 is 2.26 bits per heavy atom. The molecule has 114 valence electrons. The smallest absolute Gasteiger partial charge is 0.313 e. The van der Waals surface area contributed by atoms with Gasteiger partial charge < -0.3 is 9.15 Å². The Hall–Kier alpha value is -3.67. The zero-order chi connectivity index (χ0) is 16.4. The third kappa shape index (κ3) is 2.38. The Morgan fingerprint density at radius 1 is 1.43 bits per heavy atom. The number of methoxy groups -OCH3 is 1. The third-order valence-electron chi connectivity index (χ3n) is 3.13. The number of hydrogen-bond acceptors (Lipinski definition) is 7. The molecular formula is C14H9N5O4. The van der Waals surface area contributed by atoms with E-state index in [-0.39, 0.29) is 17.1 Å². The summed E-state index contributed by atoms with van der Waals surface area (Å²) < 4.78 is 11.6. The van der Waals surface area contributed by atoms with E-state index in [0.29, 0.717) is 17.1 Å². The highest BCUT2D eigenvalue weighted by atomic mass is 16.6. The summed E-state index contributed by atoms with van der Waals surface area (Å²) >= 11 is 0. The van der Waals surface area contributed by atoms with Gasteiger partial charge in [-0.2, -0.15) is 5.26 Å². The average molecular weight is 311 g/mol. The first kappa shape index (κ1) is 14.3. The number of nitro groups is 1. The van der Waals surface area contributed by atoms with Gasteiger partial charge in [-0.25, -0.2) is 4.68 Å². The predicted octanol–water partition coefficient (Wildman–Crippen LogP) is 2.32. The van der Waals surface area contributed by atoms with Gasteiger partial charge in [-0.1, -0.05) is 5.21 Å². The minimum atomic E-state index is -0.559. The van der Waals surface area contributed by atoms with Crippen LogP contribution < -0.4 is 4.74 Å². The third-order valence-corrected chi connectivity index (χ3v) is 3.13. The highest BCUT2D eigenvalue weighted by molar-refractivity contribution is 5.63. The standard InChI is InChI=1S/C14H9N5O4/c1-22-12-5-4-9(7-11(12)19(20)21)18-14(10(8-15)16-17-18)13-3-2-6-23-13/h2-7H,1H3. The van der Waals surface area contributed by atoms with E-state index >= 15 is 0 Å². The van der Waals surface area contributed by atoms with Gasteiger partial charge in [-0.05, 0) is 24.3 Å². The molecule has 2 aromatic heterocycles. The highest BCUT2D eigenvalue weighted by Gasteiger charge is 2.22. The van der Waals surface area contributed by atoms with E-state index < -0.39 is 4.92 Å². The van der Waals surface area contributed by atoms with Gasteiger partial charge in [0.05, 0.1) is 24.0 Å². The molecule has 1 aromatic carbocycles. The molecule has 3 rings (SSSR count). The normalized spacial score (nSPS) is 10.3. The number of rotatable bonds is 4. The maximum absolute atomic E-state index is 11.1. The Bertz CT molecular complexity index is 908. The molecule has 2 heterocycles. The molecule has 0 radical (unpaired) electrons. The molecule has 3 aromatic rings. The number of nitrogens with zero attached hydrogens (tertiary/aromatic N) is 5. The molecule has 0 saturated carbocycles. The highest BCUT2D eigenvalue weighted by Crippen LogP contribution is 2.31. The molecule has 9 nitrogen and oxygen atoms in total. The molecular weight excluding hydrogens is 302 g/mol. The Balaban J connectivity index is 2.21. The Kier molecular flexibility index (Phi) is 3.48. The number of furan rings is 1. The lowest BCUT2D eigenvalue weighted by Crippen LogP contribution is -2.02. The van der Waals surface area contributed by atoms with Gasteiger partial charge >= 0.3 is 5.69 Å². The quantitative estimate of drug-likeness (QED) is 0.535. The maximum atomic E-state index is 11.1. The summed E-state index contributed by atoms with van der Waals surface area (Å²) in [5, 5.41) is 28.0. The second kappa shape index (κ2) is 5.61. The van der Waals surface area contributed by atoms with Crippen molar-refractivity contribution in [3.05, 3.63) is 52.4 Å². The predicted molar refractivity (Wildman–Crippen MR) is 77.0 cm³/mol. The van der Waals surface area contributed by atoms with Gasteiger partial charge in [0.2, 0.25) is 0 Å². The molecule has 0 aliphatic carbocycles. The van der Waals surface area contributed by atoms with Crippen LogP contribution in [0.25, 0.3) is 17.1 Å². The number of nitro benzene ring substituents is 1. The van der Waals surface area contributed by atoms with Crippen LogP contribution in [0, 0.1) is 21.4 Å². The lowest BCUT2D eigenvalue weighted by Gasteiger charge is -2.06. The van der Waals surface area contributed by atoms with E-state index in [2.05, 4.69) is 10.3 Å². The summed E-state index contributed by atoms with van der Waals surface area (Å²) in [7, 11) is 1.35. The van der Waals surface area contributed by atoms with E-state index in [1.165, 1.54) is 30.2 Å². The fourth-order valence-corrected chi connectivity index (χ4v) is 2.13. The van der Waals surface area contributed by atoms with Crippen molar-refractivity contribution in [3.63, 3.8) is 0 Å². The maximum Gasteiger partial charge on any atom is 0.313 e. The number of benzene rings is 1. The summed E-state index contributed by atoms with van der Waals surface area (Å²) in [6.45, 7) is 0. The molecule has 0 saturated heterocycles. The number of aromatic nitrogens is 3. The van der Waals surface area contributed by atoms with E-state index in [1.807, 2.05) is 6.07 Å². The van der Waals surface area contributed by atoms with Crippen molar-refractivity contribution in [3.8, 4) is 29.0 Å². The lowest BCUT2D eigenvalue weighted by atomic mass is 10.2. The van der Waals surface area contributed by atoms with Gasteiger partial charge in [0, 0.05) is 6.07 Å². The number of hydrogen-bond donors (Lipinski definition) is 0. The summed E-state index contributed by atoms with van der Waals surface area (Å²) in [5.41, 5.74) is 0.512. The van der Waals surface area contributed by atoms with Gasteiger partial charge in [-0.3, -0.25) is 10.1 Å². The SMILES string of the molecule is COc1ccc(-n2nnc(C#N)c2-c2ccco2)cc1[N+](=O)[O-]. The van der Waals surface area contributed by atoms with Crippen molar-refractivity contribution in [1.29, 1.82) is 5.26 Å². The van der Waals surface area contributed by atoms with Crippen LogP contribution in [-0.4, -0.2) is 27.0 Å². The lowest BCUT2D eigenvalue weighted by molar-refractivity contribution is -0.385. The van der Waals surface area contributed by atoms with Crippen LogP contribution in [0.4, 0.5) is 5.69 Å². The summed E-state index contributed by atoms with van der Waals surface area (Å²) in [5.74, 6) is 0.504. The first-order chi connectivity index (χ1) is 11.2. The van der Waals surface area contributed by atoms with Crippen LogP contribution in [0.15, 0.2) is 41.0 Å². The molecule has 0 fully saturated rings. The second-order valence-electron chi connectivity index (χ2n) is 4.40. The van der Waals surface area contributed by atoms with Gasteiger partial charge in [0.15, 0.2) is 17.2 Å². The van der Waals surface area contributed by atoms with Crippen molar-refractivity contribution in [2.75, 3.05) is 7.11 Å². The van der Waals surface area contributed by atoms with Crippen molar-refractivity contribution in [1.82, 2.24) is 15.0 Å². The van der Waals surface area contributed by atoms with Gasteiger partial charge in [0.1, 0.15) is 11.8 Å². The number of ether oxygens (including phenoxy) is 1. The van der Waals surface area contributed by atoms with Crippen molar-refractivity contribution in [2.45, 2.75) is 0 Å². The van der Waals surface area contributed by atoms with Crippen LogP contribution >= 0.6 is 0 Å². The largest absolute Gasteiger partial charge is 0.490 e. The van der Waals surface area contributed by atoms with Gasteiger partial charge in [0.25, 0.3) is 0 Å². The molecule has 0 amide bonds. The summed E-state index contributed by atoms with van der Waals surface area (Å²) in [6, 6.07) is 9.55. The monoisotopic (exact) mass is 311 g/mol. The molecule has 0 atom stereocenters. The molecule has 0 aliphatic rings. The van der Waals surface area contributed by atoms with Crippen molar-refractivity contribution in [2.24, 2.45) is 0 Å². The second-order valence-corrected chi connectivity index (χ2v) is 4.40. The minimum Gasteiger partial charge on any atom is -0.490 e. The van der Waals surface area contributed by atoms with E-state index in [1.54, 1.807) is 18.2 Å². The summed E-state index contributed by atoms with van der Waals surface area (Å²) in [6.07, 6.45) is 1.45. The van der Waals surface area contributed by atoms with Crippen LogP contribution in [0.2, 0.25) is 0 Å². The topological polar surface area (TPSA) is 120 Å². The number of nitriles is 1. The van der Waals surface area contributed by atoms with Crippen LogP contribution in [0.1, 0.15) is 5.69 Å². The molecule has 0 bridgehead atoms. The first-order valence-electron chi connectivity index (χ1n) is 6.38. The Labute approximate surface area is 129 Å². The van der Waals surface area contributed by atoms with Crippen LogP contribution in [-0.2, 0) is 0 Å². The average Bonchev–Trinajstić information content (AvgIpc) is 3.22. The fraction of sp³-hybridized carbons (Fsp3) is 0.0714. The van der Waals surface area contributed by atoms with Gasteiger partial charge in [-0.15, -0.1) is 5.10 Å². The zero-order valence-corrected chi connectivity index (χ0v) is 11.8. The Morgan fingerprint density at radius 3 is 2.87 bits per heavy atom. The fourth-order valence-electron chi connectivity index (χ4n) is 2.13. The van der Waals surface area contributed by atoms with E-state index in [4.69, 9.17) is 14.4 Å². The van der Waals surface area contributed by atoms with Crippen LogP contribution in [0.5, 0.6) is 5.75 Å². The molecule has 0 spiro atoms. The summed E-state index contributed by atoms with van der Waals surface area (Å²) in [4.78, 5) is 10.6. The molecule has 9 heteroatoms. The van der Waals surface area contributed by atoms with Crippen LogP contribution in [0.3, 0.4) is 0 Å². The minimum absolute atomic E-state index is 0.0541. The molecule has 0 aliphatic heterocycles. The van der Waals surface area contributed by atoms with Crippen molar-refractivity contribution < 1.29 is 14.1 Å². The molecule has 0 N–H and O–H groups in total. The zero-order valence-electron chi connectivity index (χ0n) is 11.8. The van der Waals surface area contributed by atoms with E-state index in [9.17, 15) is 10.1 Å². The first-order valence-corrected chi connectivity index (χ1v) is 6.38. The molecule has 23 heavy (non-hydrogen) atoms. The van der Waals surface area contributed by atoms with Crippen molar-refractivity contribution >= 4 is 5.69 Å². The van der Waals surface area contributed by atoms with E-state index in [0.717, 1.165) is 0 Å².